The van der Waals surface area contributed by atoms with Crippen molar-refractivity contribution in [2.75, 3.05) is 6.61 Å². The zero-order valence-corrected chi connectivity index (χ0v) is 12.6. The Morgan fingerprint density at radius 2 is 2.05 bits per heavy atom. The van der Waals surface area contributed by atoms with E-state index in [1.54, 1.807) is 0 Å². The maximum absolute atomic E-state index is 11.9. The van der Waals surface area contributed by atoms with E-state index in [0.29, 0.717) is 25.9 Å². The van der Waals surface area contributed by atoms with Gasteiger partial charge in [0.15, 0.2) is 0 Å². The summed E-state index contributed by atoms with van der Waals surface area (Å²) in [5.41, 5.74) is 1.03. The molecule has 0 saturated carbocycles. The molecule has 118 valence electrons. The number of aryl methyl sites for hydroxylation is 1. The molecule has 1 aromatic rings. The Hall–Kier alpha value is -2.37. The quantitative estimate of drug-likeness (QED) is 0.766. The van der Waals surface area contributed by atoms with E-state index < -0.39 is 11.9 Å². The van der Waals surface area contributed by atoms with E-state index >= 15 is 0 Å². The largest absolute Gasteiger partial charge is 0.494 e. The monoisotopic (exact) mass is 304 g/mol. The molecule has 0 aromatic heterocycles. The van der Waals surface area contributed by atoms with E-state index in [1.807, 2.05) is 31.2 Å². The second-order valence-corrected chi connectivity index (χ2v) is 5.15. The molecule has 1 heterocycles. The Morgan fingerprint density at radius 1 is 1.32 bits per heavy atom. The Balaban J connectivity index is 1.77. The summed E-state index contributed by atoms with van der Waals surface area (Å²) in [4.78, 5) is 34.5. The average molecular weight is 304 g/mol. The number of imide groups is 1. The Kier molecular flexibility index (Phi) is 5.52. The third kappa shape index (κ3) is 4.58. The molecule has 0 radical (unpaired) electrons. The van der Waals surface area contributed by atoms with Gasteiger partial charge in [-0.1, -0.05) is 12.1 Å². The summed E-state index contributed by atoms with van der Waals surface area (Å²) in [6.07, 6.45) is 1.51. The SMILES string of the molecule is CCOc1ccc(CCC(=O)NC2CCC(=O)NC2=O)cc1. The molecule has 1 aromatic carbocycles. The van der Waals surface area contributed by atoms with Crippen LogP contribution >= 0.6 is 0 Å². The standard InChI is InChI=1S/C16H20N2O4/c1-2-22-12-6-3-11(4-7-12)5-9-14(19)17-13-8-10-15(20)18-16(13)21/h3-4,6-7,13H,2,5,8-10H2,1H3,(H,17,19)(H,18,20,21). The smallest absolute Gasteiger partial charge is 0.249 e. The number of amides is 3. The molecule has 1 unspecified atom stereocenters. The van der Waals surface area contributed by atoms with Crippen molar-refractivity contribution in [3.63, 3.8) is 0 Å². The lowest BCUT2D eigenvalue weighted by molar-refractivity contribution is -0.137. The summed E-state index contributed by atoms with van der Waals surface area (Å²) in [5.74, 6) is -0.0989. The van der Waals surface area contributed by atoms with Crippen molar-refractivity contribution in [2.24, 2.45) is 0 Å². The molecule has 3 amide bonds. The molecule has 2 N–H and O–H groups in total. The Labute approximate surface area is 129 Å². The van der Waals surface area contributed by atoms with Gasteiger partial charge in [-0.2, -0.15) is 0 Å². The summed E-state index contributed by atoms with van der Waals surface area (Å²) >= 11 is 0. The summed E-state index contributed by atoms with van der Waals surface area (Å²) in [7, 11) is 0. The van der Waals surface area contributed by atoms with Gasteiger partial charge in [0, 0.05) is 12.8 Å². The summed E-state index contributed by atoms with van der Waals surface area (Å²) in [5, 5.41) is 4.88. The van der Waals surface area contributed by atoms with Crippen molar-refractivity contribution in [3.8, 4) is 5.75 Å². The lowest BCUT2D eigenvalue weighted by Crippen LogP contribution is -2.52. The molecule has 6 heteroatoms. The minimum Gasteiger partial charge on any atom is -0.494 e. The van der Waals surface area contributed by atoms with Crippen LogP contribution in [-0.2, 0) is 20.8 Å². The minimum absolute atomic E-state index is 0.191. The molecule has 22 heavy (non-hydrogen) atoms. The topological polar surface area (TPSA) is 84.5 Å². The summed E-state index contributed by atoms with van der Waals surface area (Å²) in [6.45, 7) is 2.54. The van der Waals surface area contributed by atoms with Crippen LogP contribution < -0.4 is 15.4 Å². The van der Waals surface area contributed by atoms with Crippen LogP contribution in [0.3, 0.4) is 0 Å². The van der Waals surface area contributed by atoms with Crippen LogP contribution in [0.2, 0.25) is 0 Å². The van der Waals surface area contributed by atoms with Crippen LogP contribution in [0, 0.1) is 0 Å². The van der Waals surface area contributed by atoms with Crippen molar-refractivity contribution in [3.05, 3.63) is 29.8 Å². The third-order valence-electron chi connectivity index (χ3n) is 3.45. The highest BCUT2D eigenvalue weighted by Crippen LogP contribution is 2.13. The average Bonchev–Trinajstić information content (AvgIpc) is 2.50. The lowest BCUT2D eigenvalue weighted by Gasteiger charge is -2.21. The molecule has 1 saturated heterocycles. The summed E-state index contributed by atoms with van der Waals surface area (Å²) in [6, 6.07) is 6.98. The first-order valence-electron chi connectivity index (χ1n) is 7.43. The Morgan fingerprint density at radius 3 is 2.68 bits per heavy atom. The third-order valence-corrected chi connectivity index (χ3v) is 3.45. The van der Waals surface area contributed by atoms with Crippen LogP contribution in [0.5, 0.6) is 5.75 Å². The molecule has 1 fully saturated rings. The molecule has 1 aliphatic rings. The second-order valence-electron chi connectivity index (χ2n) is 5.15. The number of benzene rings is 1. The first kappa shape index (κ1) is 16.0. The van der Waals surface area contributed by atoms with Crippen LogP contribution in [0.15, 0.2) is 24.3 Å². The highest BCUT2D eigenvalue weighted by atomic mass is 16.5. The molecule has 6 nitrogen and oxygen atoms in total. The van der Waals surface area contributed by atoms with Gasteiger partial charge in [0.1, 0.15) is 11.8 Å². The maximum atomic E-state index is 11.9. The maximum Gasteiger partial charge on any atom is 0.249 e. The number of ether oxygens (including phenoxy) is 1. The number of rotatable bonds is 6. The van der Waals surface area contributed by atoms with Crippen LogP contribution in [-0.4, -0.2) is 30.4 Å². The zero-order chi connectivity index (χ0) is 15.9. The molecule has 1 aliphatic heterocycles. The van der Waals surface area contributed by atoms with E-state index in [2.05, 4.69) is 10.6 Å². The van der Waals surface area contributed by atoms with E-state index in [9.17, 15) is 14.4 Å². The fraction of sp³-hybridized carbons (Fsp3) is 0.438. The lowest BCUT2D eigenvalue weighted by atomic mass is 10.1. The van der Waals surface area contributed by atoms with Crippen molar-refractivity contribution in [1.82, 2.24) is 10.6 Å². The summed E-state index contributed by atoms with van der Waals surface area (Å²) < 4.78 is 5.36. The Bertz CT molecular complexity index is 554. The fourth-order valence-electron chi connectivity index (χ4n) is 2.27. The van der Waals surface area contributed by atoms with Gasteiger partial charge < -0.3 is 10.1 Å². The highest BCUT2D eigenvalue weighted by molar-refractivity contribution is 6.01. The van der Waals surface area contributed by atoms with Crippen LogP contribution in [0.25, 0.3) is 0 Å². The minimum atomic E-state index is -0.606. The van der Waals surface area contributed by atoms with Gasteiger partial charge in [-0.25, -0.2) is 0 Å². The molecule has 0 spiro atoms. The molecule has 0 bridgehead atoms. The van der Waals surface area contributed by atoms with Gasteiger partial charge in [-0.05, 0) is 37.5 Å². The predicted octanol–water partition coefficient (Wildman–Crippen LogP) is 0.939. The van der Waals surface area contributed by atoms with E-state index in [0.717, 1.165) is 11.3 Å². The van der Waals surface area contributed by atoms with Crippen molar-refractivity contribution < 1.29 is 19.1 Å². The molecular weight excluding hydrogens is 284 g/mol. The first-order valence-corrected chi connectivity index (χ1v) is 7.43. The first-order chi connectivity index (χ1) is 10.6. The van der Waals surface area contributed by atoms with Gasteiger partial charge in [0.05, 0.1) is 6.61 Å². The van der Waals surface area contributed by atoms with Crippen LogP contribution in [0.4, 0.5) is 0 Å². The highest BCUT2D eigenvalue weighted by Gasteiger charge is 2.27. The fourth-order valence-corrected chi connectivity index (χ4v) is 2.27. The van der Waals surface area contributed by atoms with Crippen molar-refractivity contribution in [1.29, 1.82) is 0 Å². The number of hydrogen-bond donors (Lipinski definition) is 2. The normalized spacial score (nSPS) is 17.8. The molecule has 2 rings (SSSR count). The van der Waals surface area contributed by atoms with Gasteiger partial charge in [-0.3, -0.25) is 19.7 Å². The van der Waals surface area contributed by atoms with E-state index in [-0.39, 0.29) is 18.2 Å². The molecular formula is C16H20N2O4. The molecule has 1 atom stereocenters. The van der Waals surface area contributed by atoms with Crippen molar-refractivity contribution >= 4 is 17.7 Å². The van der Waals surface area contributed by atoms with Gasteiger partial charge in [-0.15, -0.1) is 0 Å². The molecule has 0 aliphatic carbocycles. The number of nitrogens with one attached hydrogen (secondary N) is 2. The van der Waals surface area contributed by atoms with E-state index in [1.165, 1.54) is 0 Å². The van der Waals surface area contributed by atoms with Gasteiger partial charge >= 0.3 is 0 Å². The van der Waals surface area contributed by atoms with E-state index in [4.69, 9.17) is 4.74 Å². The van der Waals surface area contributed by atoms with Crippen molar-refractivity contribution in [2.45, 2.75) is 38.6 Å². The van der Waals surface area contributed by atoms with Gasteiger partial charge in [0.25, 0.3) is 0 Å². The zero-order valence-electron chi connectivity index (χ0n) is 12.6. The van der Waals surface area contributed by atoms with Gasteiger partial charge in [0.2, 0.25) is 17.7 Å². The number of piperidine rings is 1. The predicted molar refractivity (Wildman–Crippen MR) is 80.2 cm³/mol. The number of hydrogen-bond acceptors (Lipinski definition) is 4. The number of carbonyl (C=O) groups is 3. The second kappa shape index (κ2) is 7.59. The van der Waals surface area contributed by atoms with Crippen LogP contribution in [0.1, 0.15) is 31.7 Å². The number of carbonyl (C=O) groups excluding carboxylic acids is 3.